The molecule has 166 valence electrons. The van der Waals surface area contributed by atoms with Gasteiger partial charge in [0, 0.05) is 22.6 Å². The fourth-order valence-electron chi connectivity index (χ4n) is 3.89. The van der Waals surface area contributed by atoms with Crippen LogP contribution in [-0.4, -0.2) is 21.2 Å². The largest absolute Gasteiger partial charge is 0.378 e. The highest BCUT2D eigenvalue weighted by atomic mass is 35.5. The Bertz CT molecular complexity index is 1190. The molecule has 1 aromatic carbocycles. The van der Waals surface area contributed by atoms with E-state index in [9.17, 15) is 4.79 Å². The van der Waals surface area contributed by atoms with Gasteiger partial charge in [-0.05, 0) is 45.4 Å². The summed E-state index contributed by atoms with van der Waals surface area (Å²) in [4.78, 5) is 21.1. The van der Waals surface area contributed by atoms with Crippen LogP contribution in [0.1, 0.15) is 51.7 Å². The normalized spacial score (nSPS) is 20.7. The Balaban J connectivity index is 1.66. The Morgan fingerprint density at radius 2 is 2.12 bits per heavy atom. The summed E-state index contributed by atoms with van der Waals surface area (Å²) in [6.45, 7) is 5.54. The van der Waals surface area contributed by atoms with Crippen molar-refractivity contribution in [3.05, 3.63) is 75.6 Å². The van der Waals surface area contributed by atoms with Crippen molar-refractivity contribution in [2.24, 2.45) is 10.7 Å². The van der Waals surface area contributed by atoms with Gasteiger partial charge < -0.3 is 15.6 Å². The Labute approximate surface area is 193 Å². The average Bonchev–Trinajstić information content (AvgIpc) is 3.07. The van der Waals surface area contributed by atoms with E-state index in [0.29, 0.717) is 27.9 Å². The van der Waals surface area contributed by atoms with Gasteiger partial charge in [0.2, 0.25) is 0 Å². The van der Waals surface area contributed by atoms with Crippen LogP contribution in [0.3, 0.4) is 0 Å². The molecule has 1 amide bonds. The van der Waals surface area contributed by atoms with E-state index in [0.717, 1.165) is 11.3 Å². The molecular formula is C22H21ClFN5O2S. The Morgan fingerprint density at radius 1 is 1.34 bits per heavy atom. The molecule has 0 spiro atoms. The molecule has 0 aliphatic carbocycles. The van der Waals surface area contributed by atoms with Crippen molar-refractivity contribution in [3.8, 4) is 0 Å². The van der Waals surface area contributed by atoms with Crippen molar-refractivity contribution >= 4 is 40.1 Å². The zero-order valence-corrected chi connectivity index (χ0v) is 19.2. The maximum absolute atomic E-state index is 15.6. The first-order valence-corrected chi connectivity index (χ1v) is 11.1. The molecule has 3 aromatic rings. The quantitative estimate of drug-likeness (QED) is 0.543. The highest BCUT2D eigenvalue weighted by Gasteiger charge is 2.39. The lowest BCUT2D eigenvalue weighted by molar-refractivity contribution is 0.102. The molecule has 32 heavy (non-hydrogen) atoms. The number of anilines is 1. The number of hydrogen-bond donors (Lipinski definition) is 2. The molecule has 1 aliphatic heterocycles. The number of rotatable bonds is 4. The first kappa shape index (κ1) is 22.3. The molecule has 3 N–H and O–H groups in total. The second-order valence-electron chi connectivity index (χ2n) is 7.76. The lowest BCUT2D eigenvalue weighted by Gasteiger charge is -2.35. The van der Waals surface area contributed by atoms with Crippen LogP contribution in [0, 0.1) is 19.7 Å². The van der Waals surface area contributed by atoms with Gasteiger partial charge in [0.25, 0.3) is 5.91 Å². The number of hydrogen-bond acceptors (Lipinski definition) is 7. The summed E-state index contributed by atoms with van der Waals surface area (Å²) in [6.07, 6.45) is 1.84. The summed E-state index contributed by atoms with van der Waals surface area (Å²) < 4.78 is 20.9. The molecule has 2 atom stereocenters. The smallest absolute Gasteiger partial charge is 0.274 e. The van der Waals surface area contributed by atoms with E-state index in [1.165, 1.54) is 30.1 Å². The number of thioether (sulfide) groups is 1. The Kier molecular flexibility index (Phi) is 5.96. The second kappa shape index (κ2) is 8.55. The molecule has 4 rings (SSSR count). The number of carbonyl (C=O) groups is 1. The third-order valence-electron chi connectivity index (χ3n) is 5.40. The first-order valence-electron chi connectivity index (χ1n) is 9.84. The fourth-order valence-corrected chi connectivity index (χ4v) is 5.41. The predicted molar refractivity (Wildman–Crippen MR) is 124 cm³/mol. The van der Waals surface area contributed by atoms with E-state index >= 15 is 4.39 Å². The predicted octanol–water partition coefficient (Wildman–Crippen LogP) is 5.14. The summed E-state index contributed by atoms with van der Waals surface area (Å²) in [5, 5.41) is 7.27. The van der Waals surface area contributed by atoms with Gasteiger partial charge >= 0.3 is 0 Å². The van der Waals surface area contributed by atoms with Gasteiger partial charge in [-0.15, -0.1) is 0 Å². The number of amidine groups is 1. The second-order valence-corrected chi connectivity index (χ2v) is 9.41. The molecule has 7 nitrogen and oxygen atoms in total. The lowest BCUT2D eigenvalue weighted by atomic mass is 9.85. The Morgan fingerprint density at radius 3 is 2.78 bits per heavy atom. The van der Waals surface area contributed by atoms with Crippen LogP contribution in [0.2, 0.25) is 5.02 Å². The number of halogens is 2. The van der Waals surface area contributed by atoms with Crippen molar-refractivity contribution < 1.29 is 13.7 Å². The fraction of sp³-hybridized carbons (Fsp3) is 0.273. The number of amides is 1. The van der Waals surface area contributed by atoms with Crippen LogP contribution in [-0.2, 0) is 5.54 Å². The molecule has 0 fully saturated rings. The first-order chi connectivity index (χ1) is 15.2. The average molecular weight is 474 g/mol. The van der Waals surface area contributed by atoms with Crippen molar-refractivity contribution in [1.82, 2.24) is 10.1 Å². The van der Waals surface area contributed by atoms with Crippen LogP contribution < -0.4 is 11.1 Å². The van der Waals surface area contributed by atoms with E-state index in [1.54, 1.807) is 18.2 Å². The summed E-state index contributed by atoms with van der Waals surface area (Å²) >= 11 is 7.22. The van der Waals surface area contributed by atoms with Gasteiger partial charge in [-0.1, -0.05) is 40.7 Å². The van der Waals surface area contributed by atoms with Crippen molar-refractivity contribution in [2.45, 2.75) is 38.0 Å². The maximum Gasteiger partial charge on any atom is 0.274 e. The van der Waals surface area contributed by atoms with Crippen LogP contribution in [0.15, 0.2) is 46.0 Å². The molecule has 3 heterocycles. The standard InChI is InChI=1S/C22H21ClFN5O2S/c1-11-18(12(2)31-29-11)17-9-22(3,28-21(25)32-17)14-5-4-6-15(19(14)24)27-20(30)16-8-7-13(23)10-26-16/h4-8,10,17H,9H2,1-3H3,(H2,25,28)(H,27,30)/t17-,22-/m0/s1. The minimum absolute atomic E-state index is 0.0337. The van der Waals surface area contributed by atoms with Crippen molar-refractivity contribution in [2.75, 3.05) is 5.32 Å². The van der Waals surface area contributed by atoms with Gasteiger partial charge in [0.15, 0.2) is 11.0 Å². The van der Waals surface area contributed by atoms with E-state index in [1.807, 2.05) is 20.8 Å². The molecule has 0 bridgehead atoms. The summed E-state index contributed by atoms with van der Waals surface area (Å²) in [5.74, 6) is -0.411. The van der Waals surface area contributed by atoms with Crippen LogP contribution in [0.25, 0.3) is 0 Å². The van der Waals surface area contributed by atoms with Crippen LogP contribution >= 0.6 is 23.4 Å². The van der Waals surface area contributed by atoms with Gasteiger partial charge in [0.05, 0.1) is 21.9 Å². The number of benzene rings is 1. The van der Waals surface area contributed by atoms with E-state index < -0.39 is 17.3 Å². The maximum atomic E-state index is 15.6. The van der Waals surface area contributed by atoms with E-state index in [4.69, 9.17) is 21.9 Å². The number of carbonyl (C=O) groups excluding carboxylic acids is 1. The lowest BCUT2D eigenvalue weighted by Crippen LogP contribution is -2.32. The zero-order valence-electron chi connectivity index (χ0n) is 17.6. The van der Waals surface area contributed by atoms with Crippen molar-refractivity contribution in [3.63, 3.8) is 0 Å². The number of nitrogens with one attached hydrogen (secondary N) is 1. The van der Waals surface area contributed by atoms with Gasteiger partial charge in [-0.2, -0.15) is 0 Å². The highest BCUT2D eigenvalue weighted by molar-refractivity contribution is 8.14. The molecule has 1 aliphatic rings. The van der Waals surface area contributed by atoms with Gasteiger partial charge in [-0.3, -0.25) is 9.79 Å². The minimum Gasteiger partial charge on any atom is -0.378 e. The molecule has 2 aromatic heterocycles. The zero-order chi connectivity index (χ0) is 23.0. The third-order valence-corrected chi connectivity index (χ3v) is 6.64. The molecule has 0 unspecified atom stereocenters. The summed E-state index contributed by atoms with van der Waals surface area (Å²) in [6, 6.07) is 7.84. The Hall–Kier alpha value is -2.91. The third kappa shape index (κ3) is 4.22. The molecule has 0 saturated heterocycles. The molecular weight excluding hydrogens is 453 g/mol. The topological polar surface area (TPSA) is 106 Å². The SMILES string of the molecule is Cc1noc(C)c1[C@@H]1C[C@@](C)(c2cccc(NC(=O)c3ccc(Cl)cn3)c2F)N=C(N)S1. The minimum atomic E-state index is -0.945. The number of aryl methyl sites for hydroxylation is 2. The van der Waals surface area contributed by atoms with Gasteiger partial charge in [0.1, 0.15) is 11.5 Å². The molecule has 0 saturated carbocycles. The molecule has 10 heteroatoms. The van der Waals surface area contributed by atoms with Gasteiger partial charge in [-0.25, -0.2) is 9.37 Å². The van der Waals surface area contributed by atoms with Crippen LogP contribution in [0.5, 0.6) is 0 Å². The number of aliphatic imine (C=N–C) groups is 1. The summed E-state index contributed by atoms with van der Waals surface area (Å²) in [5.41, 5.74) is 7.41. The monoisotopic (exact) mass is 473 g/mol. The summed E-state index contributed by atoms with van der Waals surface area (Å²) in [7, 11) is 0. The highest BCUT2D eigenvalue weighted by Crippen LogP contribution is 2.48. The number of aromatic nitrogens is 2. The van der Waals surface area contributed by atoms with E-state index in [2.05, 4.69) is 20.4 Å². The number of nitrogens with two attached hydrogens (primary N) is 1. The van der Waals surface area contributed by atoms with Crippen LogP contribution in [0.4, 0.5) is 10.1 Å². The van der Waals surface area contributed by atoms with E-state index in [-0.39, 0.29) is 16.6 Å². The number of nitrogens with zero attached hydrogens (tertiary/aromatic N) is 3. The van der Waals surface area contributed by atoms with Crippen molar-refractivity contribution in [1.29, 1.82) is 0 Å². The number of pyridine rings is 1. The molecule has 0 radical (unpaired) electrons.